The van der Waals surface area contributed by atoms with Gasteiger partial charge in [0.15, 0.2) is 11.5 Å². The van der Waals surface area contributed by atoms with Gasteiger partial charge in [0.2, 0.25) is 0 Å². The van der Waals surface area contributed by atoms with Gasteiger partial charge in [0, 0.05) is 30.6 Å². The van der Waals surface area contributed by atoms with Crippen LogP contribution in [0.3, 0.4) is 0 Å². The van der Waals surface area contributed by atoms with E-state index in [2.05, 4.69) is 71.3 Å². The highest BCUT2D eigenvalue weighted by Gasteiger charge is 2.09. The summed E-state index contributed by atoms with van der Waals surface area (Å²) in [4.78, 5) is 4.69. The molecule has 0 amide bonds. The summed E-state index contributed by atoms with van der Waals surface area (Å²) in [5.41, 5.74) is 6.53. The van der Waals surface area contributed by atoms with Gasteiger partial charge in [0.05, 0.1) is 0 Å². The summed E-state index contributed by atoms with van der Waals surface area (Å²) in [6.07, 6.45) is 2.80. The maximum Gasteiger partial charge on any atom is 0.199 e. The number of fused-ring (bicyclic) bond motifs is 2. The zero-order valence-corrected chi connectivity index (χ0v) is 14.5. The molecule has 0 spiro atoms. The molecular formula is C23H18N2O. The highest BCUT2D eigenvalue weighted by molar-refractivity contribution is 5.87. The van der Waals surface area contributed by atoms with Gasteiger partial charge in [-0.1, -0.05) is 42.5 Å². The van der Waals surface area contributed by atoms with E-state index in [1.54, 1.807) is 0 Å². The van der Waals surface area contributed by atoms with Crippen LogP contribution in [0.5, 0.6) is 0 Å². The van der Waals surface area contributed by atoms with E-state index in [0.717, 1.165) is 22.6 Å². The zero-order chi connectivity index (χ0) is 17.5. The number of aromatic nitrogens is 2. The van der Waals surface area contributed by atoms with Gasteiger partial charge in [-0.15, -0.1) is 0 Å². The summed E-state index contributed by atoms with van der Waals surface area (Å²) < 4.78 is 8.06. The average molecular weight is 338 g/mol. The van der Waals surface area contributed by atoms with Crippen molar-refractivity contribution in [3.05, 3.63) is 90.4 Å². The third kappa shape index (κ3) is 2.58. The smallest absolute Gasteiger partial charge is 0.199 e. The Kier molecular flexibility index (Phi) is 3.39. The quantitative estimate of drug-likeness (QED) is 0.430. The zero-order valence-electron chi connectivity index (χ0n) is 14.5. The minimum Gasteiger partial charge on any atom is -0.440 e. The van der Waals surface area contributed by atoms with Gasteiger partial charge in [-0.3, -0.25) is 0 Å². The fourth-order valence-electron chi connectivity index (χ4n) is 3.46. The molecule has 0 saturated heterocycles. The molecule has 5 aromatic rings. The van der Waals surface area contributed by atoms with E-state index in [9.17, 15) is 0 Å². The van der Waals surface area contributed by atoms with Gasteiger partial charge in [-0.25, -0.2) is 4.98 Å². The molecule has 0 aliphatic rings. The van der Waals surface area contributed by atoms with Crippen LogP contribution in [0.15, 0.2) is 83.4 Å². The van der Waals surface area contributed by atoms with Crippen molar-refractivity contribution in [1.29, 1.82) is 0 Å². The van der Waals surface area contributed by atoms with Crippen molar-refractivity contribution in [2.24, 2.45) is 7.05 Å². The first-order valence-electron chi connectivity index (χ1n) is 8.75. The Labute approximate surface area is 151 Å². The summed E-state index contributed by atoms with van der Waals surface area (Å²) in [6, 6.07) is 25.2. The fraction of sp³-hybridized carbons (Fsp3) is 0.0870. The Balaban J connectivity index is 1.52. The molecule has 0 saturated carbocycles. The molecule has 5 rings (SSSR count). The van der Waals surface area contributed by atoms with Gasteiger partial charge < -0.3 is 8.98 Å². The van der Waals surface area contributed by atoms with Crippen LogP contribution in [0, 0.1) is 0 Å². The van der Waals surface area contributed by atoms with E-state index in [-0.39, 0.29) is 0 Å². The molecule has 0 radical (unpaired) electrons. The van der Waals surface area contributed by atoms with Crippen molar-refractivity contribution in [2.45, 2.75) is 6.42 Å². The van der Waals surface area contributed by atoms with Gasteiger partial charge in [-0.2, -0.15) is 0 Å². The molecule has 2 heterocycles. The highest BCUT2D eigenvalue weighted by atomic mass is 16.3. The third-order valence-corrected chi connectivity index (χ3v) is 4.85. The maximum atomic E-state index is 5.92. The topological polar surface area (TPSA) is 31.0 Å². The van der Waals surface area contributed by atoms with E-state index >= 15 is 0 Å². The summed E-state index contributed by atoms with van der Waals surface area (Å²) in [6.45, 7) is 0. The van der Waals surface area contributed by atoms with Crippen molar-refractivity contribution in [2.75, 3.05) is 0 Å². The molecule has 126 valence electrons. The number of aryl methyl sites for hydroxylation is 1. The largest absolute Gasteiger partial charge is 0.440 e. The normalized spacial score (nSPS) is 11.4. The summed E-state index contributed by atoms with van der Waals surface area (Å²) in [7, 11) is 2.07. The van der Waals surface area contributed by atoms with Crippen LogP contribution in [0.4, 0.5) is 0 Å². The lowest BCUT2D eigenvalue weighted by Gasteiger charge is -2.03. The molecule has 2 aromatic heterocycles. The lowest BCUT2D eigenvalue weighted by molar-refractivity contribution is 0.544. The number of rotatable bonds is 3. The van der Waals surface area contributed by atoms with Gasteiger partial charge in [0.25, 0.3) is 0 Å². The lowest BCUT2D eigenvalue weighted by atomic mass is 10.0. The first-order chi connectivity index (χ1) is 12.8. The monoisotopic (exact) mass is 338 g/mol. The Morgan fingerprint density at radius 3 is 2.58 bits per heavy atom. The Bertz CT molecular complexity index is 1220. The van der Waals surface area contributed by atoms with Crippen LogP contribution in [0.25, 0.3) is 33.1 Å². The maximum absolute atomic E-state index is 5.92. The van der Waals surface area contributed by atoms with Gasteiger partial charge in [0.1, 0.15) is 5.52 Å². The summed E-state index contributed by atoms with van der Waals surface area (Å²) in [5.74, 6) is 0.752. The van der Waals surface area contributed by atoms with E-state index in [4.69, 9.17) is 4.42 Å². The van der Waals surface area contributed by atoms with E-state index in [0.29, 0.717) is 6.42 Å². The van der Waals surface area contributed by atoms with Crippen LogP contribution < -0.4 is 0 Å². The first kappa shape index (κ1) is 15.0. The van der Waals surface area contributed by atoms with Crippen LogP contribution in [0.1, 0.15) is 11.5 Å². The molecular weight excluding hydrogens is 320 g/mol. The Hall–Kier alpha value is -3.33. The summed E-state index contributed by atoms with van der Waals surface area (Å²) in [5, 5.41) is 1.25. The molecule has 0 N–H and O–H groups in total. The molecule has 0 atom stereocenters. The number of nitrogens with zero attached hydrogens (tertiary/aromatic N) is 2. The average Bonchev–Trinajstić information content (AvgIpc) is 3.24. The van der Waals surface area contributed by atoms with Crippen molar-refractivity contribution < 1.29 is 4.42 Å². The molecule has 0 bridgehead atoms. The van der Waals surface area contributed by atoms with E-state index in [1.807, 2.05) is 24.3 Å². The minimum atomic E-state index is 0.709. The van der Waals surface area contributed by atoms with E-state index in [1.165, 1.54) is 22.0 Å². The molecule has 3 aromatic carbocycles. The highest BCUT2D eigenvalue weighted by Crippen LogP contribution is 2.28. The third-order valence-electron chi connectivity index (χ3n) is 4.85. The predicted octanol–water partition coefficient (Wildman–Crippen LogP) is 5.58. The minimum absolute atomic E-state index is 0.709. The molecule has 26 heavy (non-hydrogen) atoms. The SMILES string of the molecule is Cn1ccc2cc(-c3ccc4oc(Cc5ccccc5)nc4c3)ccc21. The van der Waals surface area contributed by atoms with Crippen molar-refractivity contribution in [3.63, 3.8) is 0 Å². The first-order valence-corrected chi connectivity index (χ1v) is 8.75. The van der Waals surface area contributed by atoms with Crippen molar-refractivity contribution >= 4 is 22.0 Å². The predicted molar refractivity (Wildman–Crippen MR) is 105 cm³/mol. The number of benzene rings is 3. The van der Waals surface area contributed by atoms with Crippen LogP contribution in [-0.2, 0) is 13.5 Å². The second kappa shape index (κ2) is 5.88. The molecule has 0 unspecified atom stereocenters. The lowest BCUT2D eigenvalue weighted by Crippen LogP contribution is -1.86. The van der Waals surface area contributed by atoms with Gasteiger partial charge in [-0.05, 0) is 47.0 Å². The second-order valence-electron chi connectivity index (χ2n) is 6.65. The van der Waals surface area contributed by atoms with Crippen molar-refractivity contribution in [3.8, 4) is 11.1 Å². The van der Waals surface area contributed by atoms with Crippen LogP contribution in [-0.4, -0.2) is 9.55 Å². The number of hydrogen-bond donors (Lipinski definition) is 0. The molecule has 0 aliphatic heterocycles. The van der Waals surface area contributed by atoms with Gasteiger partial charge >= 0.3 is 0 Å². The van der Waals surface area contributed by atoms with Crippen LogP contribution >= 0.6 is 0 Å². The molecule has 0 fully saturated rings. The standard InChI is InChI=1S/C23H18N2O/c1-25-12-11-19-14-17(7-9-21(19)25)18-8-10-22-20(15-18)24-23(26-22)13-16-5-3-2-4-6-16/h2-12,14-15H,13H2,1H3. The van der Waals surface area contributed by atoms with E-state index < -0.39 is 0 Å². The number of oxazole rings is 1. The fourth-order valence-corrected chi connectivity index (χ4v) is 3.46. The van der Waals surface area contributed by atoms with Crippen LogP contribution in [0.2, 0.25) is 0 Å². The Morgan fingerprint density at radius 2 is 1.69 bits per heavy atom. The number of hydrogen-bond acceptors (Lipinski definition) is 2. The Morgan fingerprint density at radius 1 is 0.885 bits per heavy atom. The van der Waals surface area contributed by atoms with Crippen molar-refractivity contribution in [1.82, 2.24) is 9.55 Å². The molecule has 3 nitrogen and oxygen atoms in total. The second-order valence-corrected chi connectivity index (χ2v) is 6.65. The summed E-state index contributed by atoms with van der Waals surface area (Å²) >= 11 is 0. The molecule has 0 aliphatic carbocycles. The molecule has 3 heteroatoms.